The van der Waals surface area contributed by atoms with Gasteiger partial charge in [0.2, 0.25) is 0 Å². The summed E-state index contributed by atoms with van der Waals surface area (Å²) in [7, 11) is 0. The summed E-state index contributed by atoms with van der Waals surface area (Å²) < 4.78 is 0. The Hall–Kier alpha value is -0.635. The Labute approximate surface area is 94.0 Å². The molecule has 0 aromatic heterocycles. The van der Waals surface area contributed by atoms with E-state index in [-0.39, 0.29) is 11.3 Å². The van der Waals surface area contributed by atoms with Crippen molar-refractivity contribution in [1.29, 1.82) is 0 Å². The molecule has 0 spiro atoms. The summed E-state index contributed by atoms with van der Waals surface area (Å²) in [6, 6.07) is 0. The molecule has 2 aliphatic rings. The molecule has 0 bridgehead atoms. The SMILES string of the molecule is CC(C)(C)N1C=C2C=CC=CN2B1Br. The summed E-state index contributed by atoms with van der Waals surface area (Å²) in [6.45, 7) is 6.64. The van der Waals surface area contributed by atoms with Crippen molar-refractivity contribution in [2.24, 2.45) is 0 Å². The Bertz CT molecular complexity index is 328. The Kier molecular flexibility index (Phi) is 2.26. The average Bonchev–Trinajstić information content (AvgIpc) is 2.44. The molecule has 0 saturated carbocycles. The second kappa shape index (κ2) is 3.19. The van der Waals surface area contributed by atoms with Gasteiger partial charge in [-0.1, -0.05) is 21.8 Å². The van der Waals surface area contributed by atoms with E-state index in [4.69, 9.17) is 0 Å². The van der Waals surface area contributed by atoms with Gasteiger partial charge in [0.05, 0.1) is 0 Å². The predicted molar refractivity (Wildman–Crippen MR) is 64.5 cm³/mol. The van der Waals surface area contributed by atoms with Crippen LogP contribution in [-0.4, -0.2) is 21.0 Å². The average molecular weight is 253 g/mol. The Morgan fingerprint density at radius 2 is 2.00 bits per heavy atom. The molecule has 0 amide bonds. The lowest BCUT2D eigenvalue weighted by Crippen LogP contribution is -2.47. The molecule has 0 aliphatic carbocycles. The minimum atomic E-state index is 0.139. The van der Waals surface area contributed by atoms with Crippen molar-refractivity contribution in [3.8, 4) is 0 Å². The fourth-order valence-corrected chi connectivity index (χ4v) is 2.73. The second-order valence-electron chi connectivity index (χ2n) is 4.55. The highest BCUT2D eigenvalue weighted by atomic mass is 79.9. The van der Waals surface area contributed by atoms with Crippen molar-refractivity contribution in [3.63, 3.8) is 0 Å². The van der Waals surface area contributed by atoms with Crippen molar-refractivity contribution in [1.82, 2.24) is 9.62 Å². The molecule has 2 aliphatic heterocycles. The van der Waals surface area contributed by atoms with E-state index in [1.54, 1.807) is 0 Å². The third-order valence-corrected chi connectivity index (χ3v) is 3.31. The number of nitrogens with zero attached hydrogens (tertiary/aromatic N) is 2. The van der Waals surface area contributed by atoms with Crippen LogP contribution in [0.5, 0.6) is 0 Å². The fraction of sp³-hybridized carbons (Fsp3) is 0.400. The third-order valence-electron chi connectivity index (χ3n) is 2.43. The van der Waals surface area contributed by atoms with Crippen LogP contribution in [0.2, 0.25) is 0 Å². The number of rotatable bonds is 0. The first-order valence-electron chi connectivity index (χ1n) is 4.78. The lowest BCUT2D eigenvalue weighted by atomic mass is 9.96. The van der Waals surface area contributed by atoms with Crippen molar-refractivity contribution >= 4 is 21.6 Å². The number of hydrogen-bond acceptors (Lipinski definition) is 2. The van der Waals surface area contributed by atoms with Crippen LogP contribution in [0.25, 0.3) is 0 Å². The molecule has 74 valence electrons. The van der Waals surface area contributed by atoms with Gasteiger partial charge in [-0.2, -0.15) is 0 Å². The maximum Gasteiger partial charge on any atom is 0.460 e. The number of allylic oxidation sites excluding steroid dienone is 3. The maximum absolute atomic E-state index is 3.70. The topological polar surface area (TPSA) is 6.48 Å². The predicted octanol–water partition coefficient (Wildman–Crippen LogP) is 2.71. The van der Waals surface area contributed by atoms with Crippen LogP contribution < -0.4 is 0 Å². The number of fused-ring (bicyclic) bond motifs is 1. The molecule has 0 fully saturated rings. The molecule has 0 radical (unpaired) electrons. The monoisotopic (exact) mass is 252 g/mol. The van der Waals surface area contributed by atoms with Crippen LogP contribution in [0, 0.1) is 0 Å². The molecule has 0 saturated heterocycles. The van der Waals surface area contributed by atoms with E-state index in [1.807, 2.05) is 0 Å². The van der Waals surface area contributed by atoms with E-state index in [0.29, 0.717) is 0 Å². The molecule has 4 heteroatoms. The highest BCUT2D eigenvalue weighted by Gasteiger charge is 2.38. The summed E-state index contributed by atoms with van der Waals surface area (Å²) in [5, 5.41) is 0. The third kappa shape index (κ3) is 1.52. The van der Waals surface area contributed by atoms with Crippen LogP contribution in [0.15, 0.2) is 36.3 Å². The quantitative estimate of drug-likeness (QED) is 0.612. The van der Waals surface area contributed by atoms with Crippen LogP contribution in [0.4, 0.5) is 0 Å². The first-order chi connectivity index (χ1) is 6.50. The Morgan fingerprint density at radius 1 is 1.29 bits per heavy atom. The van der Waals surface area contributed by atoms with Crippen LogP contribution >= 0.6 is 15.8 Å². The van der Waals surface area contributed by atoms with E-state index in [0.717, 1.165) is 0 Å². The van der Waals surface area contributed by atoms with E-state index in [2.05, 4.69) is 76.8 Å². The van der Waals surface area contributed by atoms with E-state index >= 15 is 0 Å². The highest BCUT2D eigenvalue weighted by molar-refractivity contribution is 9.24. The summed E-state index contributed by atoms with van der Waals surface area (Å²) in [5.74, 6) is 0.235. The van der Waals surface area contributed by atoms with Crippen LogP contribution in [0.1, 0.15) is 20.8 Å². The van der Waals surface area contributed by atoms with Gasteiger partial charge < -0.3 is 9.62 Å². The van der Waals surface area contributed by atoms with Gasteiger partial charge in [0.15, 0.2) is 0 Å². The van der Waals surface area contributed by atoms with Crippen molar-refractivity contribution in [2.45, 2.75) is 26.3 Å². The smallest absolute Gasteiger partial charge is 0.386 e. The van der Waals surface area contributed by atoms with Crippen LogP contribution in [0.3, 0.4) is 0 Å². The minimum absolute atomic E-state index is 0.139. The lowest BCUT2D eigenvalue weighted by molar-refractivity contribution is 0.328. The molecular weight excluding hydrogens is 239 g/mol. The van der Waals surface area contributed by atoms with Crippen molar-refractivity contribution < 1.29 is 0 Å². The van der Waals surface area contributed by atoms with Gasteiger partial charge in [0, 0.05) is 17.4 Å². The number of halogens is 1. The Morgan fingerprint density at radius 3 is 2.57 bits per heavy atom. The lowest BCUT2D eigenvalue weighted by Gasteiger charge is -2.35. The Balaban J connectivity index is 2.30. The standard InChI is InChI=1S/C10H14BBrN2/c1-10(2,3)14-8-9-6-4-5-7-13(9)11(14)12/h4-8H,1-3H3. The normalized spacial score (nSPS) is 20.3. The minimum Gasteiger partial charge on any atom is -0.386 e. The molecule has 0 aromatic rings. The van der Waals surface area contributed by atoms with Gasteiger partial charge in [-0.05, 0) is 39.1 Å². The van der Waals surface area contributed by atoms with Gasteiger partial charge in [0.1, 0.15) is 0 Å². The zero-order chi connectivity index (χ0) is 10.3. The molecule has 2 heterocycles. The highest BCUT2D eigenvalue weighted by Crippen LogP contribution is 2.32. The first kappa shape index (κ1) is 9.90. The van der Waals surface area contributed by atoms with E-state index in [1.165, 1.54) is 5.70 Å². The molecule has 0 unspecified atom stereocenters. The van der Waals surface area contributed by atoms with E-state index < -0.39 is 0 Å². The van der Waals surface area contributed by atoms with Crippen molar-refractivity contribution in [3.05, 3.63) is 36.3 Å². The molecule has 2 nitrogen and oxygen atoms in total. The molecular formula is C10H14BBrN2. The zero-order valence-electron chi connectivity index (χ0n) is 8.74. The second-order valence-corrected chi connectivity index (χ2v) is 5.37. The van der Waals surface area contributed by atoms with Crippen LogP contribution in [-0.2, 0) is 0 Å². The molecule has 14 heavy (non-hydrogen) atoms. The summed E-state index contributed by atoms with van der Waals surface area (Å²) in [6.07, 6.45) is 10.5. The first-order valence-corrected chi connectivity index (χ1v) is 5.69. The van der Waals surface area contributed by atoms with E-state index in [9.17, 15) is 0 Å². The molecule has 2 rings (SSSR count). The molecule has 0 atom stereocenters. The maximum atomic E-state index is 3.70. The van der Waals surface area contributed by atoms with Gasteiger partial charge in [-0.3, -0.25) is 0 Å². The summed E-state index contributed by atoms with van der Waals surface area (Å²) in [5.41, 5.74) is 1.38. The molecule has 0 N–H and O–H groups in total. The van der Waals surface area contributed by atoms with Crippen molar-refractivity contribution in [2.75, 3.05) is 0 Å². The summed E-state index contributed by atoms with van der Waals surface area (Å²) in [4.78, 5) is 4.52. The largest absolute Gasteiger partial charge is 0.460 e. The van der Waals surface area contributed by atoms with Gasteiger partial charge in [-0.25, -0.2) is 0 Å². The van der Waals surface area contributed by atoms with Gasteiger partial charge >= 0.3 is 5.81 Å². The zero-order valence-corrected chi connectivity index (χ0v) is 10.3. The summed E-state index contributed by atoms with van der Waals surface area (Å²) >= 11 is 3.70. The number of hydrogen-bond donors (Lipinski definition) is 0. The van der Waals surface area contributed by atoms with Gasteiger partial charge in [-0.15, -0.1) is 0 Å². The van der Waals surface area contributed by atoms with Gasteiger partial charge in [0.25, 0.3) is 0 Å². The fourth-order valence-electron chi connectivity index (χ4n) is 1.62. The molecule has 0 aromatic carbocycles.